The fraction of sp³-hybridized carbons (Fsp3) is 0.0882. The number of para-hydroxylation sites is 1. The molecule has 0 aliphatic carbocycles. The van der Waals surface area contributed by atoms with Crippen molar-refractivity contribution < 1.29 is 19.2 Å². The number of hydrogen-bond donors (Lipinski definition) is 0. The molecule has 12 heteroatoms. The van der Waals surface area contributed by atoms with Crippen molar-refractivity contribution in [3.63, 3.8) is 0 Å². The fourth-order valence-corrected chi connectivity index (χ4v) is 5.32. The number of carbonyl (C=O) groups excluding carboxylic acids is 4. The van der Waals surface area contributed by atoms with Crippen molar-refractivity contribution in [2.24, 2.45) is 0 Å². The fourth-order valence-electron chi connectivity index (χ4n) is 5.07. The lowest BCUT2D eigenvalue weighted by molar-refractivity contribution is 0.0976. The van der Waals surface area contributed by atoms with Gasteiger partial charge >= 0.3 is 0 Å². The molecule has 46 heavy (non-hydrogen) atoms. The number of halogens is 2. The molecule has 0 saturated carbocycles. The van der Waals surface area contributed by atoms with Crippen LogP contribution in [0, 0.1) is 6.92 Å². The summed E-state index contributed by atoms with van der Waals surface area (Å²) in [7, 11) is 0. The lowest BCUT2D eigenvalue weighted by Gasteiger charge is -2.05. The Morgan fingerprint density at radius 1 is 0.565 bits per heavy atom. The van der Waals surface area contributed by atoms with Crippen LogP contribution in [-0.2, 0) is 0 Å². The highest BCUT2D eigenvalue weighted by Gasteiger charge is 2.33. The summed E-state index contributed by atoms with van der Waals surface area (Å²) in [4.78, 5) is 54.2. The third-order valence-corrected chi connectivity index (χ3v) is 7.83. The van der Waals surface area contributed by atoms with Crippen LogP contribution in [0.2, 0.25) is 10.0 Å². The molecule has 0 aliphatic heterocycles. The number of carbonyl (C=O) groups is 4. The number of Topliss-reactive ketones (excluding diaryl/α,β-unsaturated/α-hetero) is 2. The highest BCUT2D eigenvalue weighted by molar-refractivity contribution is 6.31. The number of aromatic nitrogens is 6. The molecule has 10 nitrogen and oxygen atoms in total. The molecule has 6 aromatic rings. The Morgan fingerprint density at radius 3 is 1.48 bits per heavy atom. The molecule has 6 rings (SSSR count). The number of rotatable bonds is 9. The molecule has 3 aromatic carbocycles. The summed E-state index contributed by atoms with van der Waals surface area (Å²) in [6, 6.07) is 22.4. The van der Waals surface area contributed by atoms with E-state index in [0.29, 0.717) is 32.8 Å². The molecule has 0 aliphatic rings. The zero-order valence-corrected chi connectivity index (χ0v) is 26.2. The van der Waals surface area contributed by atoms with Crippen molar-refractivity contribution >= 4 is 46.3 Å². The average molecular weight is 652 g/mol. The number of ketones is 4. The minimum absolute atomic E-state index is 0.0177. The second-order valence-electron chi connectivity index (χ2n) is 10.5. The molecule has 3 heterocycles. The van der Waals surface area contributed by atoms with E-state index in [9.17, 15) is 19.2 Å². The van der Waals surface area contributed by atoms with Gasteiger partial charge in [-0.05, 0) is 67.6 Å². The van der Waals surface area contributed by atoms with Crippen LogP contribution >= 0.6 is 23.2 Å². The Hall–Kier alpha value is -5.45. The Bertz CT molecular complexity index is 2160. The van der Waals surface area contributed by atoms with Crippen molar-refractivity contribution in [1.29, 1.82) is 0 Å². The zero-order chi connectivity index (χ0) is 32.7. The molecule has 3 aromatic heterocycles. The first kappa shape index (κ1) is 30.6. The largest absolute Gasteiger partial charge is 0.293 e. The van der Waals surface area contributed by atoms with Gasteiger partial charge in [-0.25, -0.2) is 14.0 Å². The van der Waals surface area contributed by atoms with E-state index < -0.39 is 23.1 Å². The van der Waals surface area contributed by atoms with Crippen molar-refractivity contribution in [2.45, 2.75) is 20.8 Å². The van der Waals surface area contributed by atoms with Crippen LogP contribution in [0.15, 0.2) is 91.3 Å². The van der Waals surface area contributed by atoms with Crippen LogP contribution < -0.4 is 0 Å². The summed E-state index contributed by atoms with van der Waals surface area (Å²) >= 11 is 12.1. The van der Waals surface area contributed by atoms with Crippen LogP contribution in [-0.4, -0.2) is 52.5 Å². The molecule has 0 spiro atoms. The molecule has 228 valence electrons. The summed E-state index contributed by atoms with van der Waals surface area (Å²) in [5.74, 6) is -2.23. The van der Waals surface area contributed by atoms with E-state index in [1.165, 1.54) is 40.3 Å². The molecule has 0 fully saturated rings. The predicted molar refractivity (Wildman–Crippen MR) is 172 cm³/mol. The van der Waals surface area contributed by atoms with E-state index in [1.54, 1.807) is 79.7 Å². The number of benzene rings is 3. The lowest BCUT2D eigenvalue weighted by atomic mass is 9.96. The van der Waals surface area contributed by atoms with Gasteiger partial charge in [0.2, 0.25) is 11.6 Å². The first-order valence-electron chi connectivity index (χ1n) is 14.0. The number of nitrogens with zero attached hydrogens (tertiary/aromatic N) is 6. The Balaban J connectivity index is 1.53. The summed E-state index contributed by atoms with van der Waals surface area (Å²) in [6.07, 6.45) is 2.86. The van der Waals surface area contributed by atoms with Gasteiger partial charge < -0.3 is 0 Å². The van der Waals surface area contributed by atoms with E-state index in [4.69, 9.17) is 23.2 Å². The van der Waals surface area contributed by atoms with Gasteiger partial charge in [-0.2, -0.15) is 15.3 Å². The summed E-state index contributed by atoms with van der Waals surface area (Å²) in [5.41, 5.74) is 1.60. The van der Waals surface area contributed by atoms with Gasteiger partial charge in [-0.3, -0.25) is 19.2 Å². The van der Waals surface area contributed by atoms with E-state index in [-0.39, 0.29) is 33.8 Å². The second-order valence-corrected chi connectivity index (χ2v) is 11.3. The maximum Gasteiger partial charge on any atom is 0.217 e. The van der Waals surface area contributed by atoms with Crippen molar-refractivity contribution in [1.82, 2.24) is 29.3 Å². The minimum atomic E-state index is -0.694. The minimum Gasteiger partial charge on any atom is -0.293 e. The standard InChI is InChI=1S/C34H24Cl2N6O4/c1-19-29(33(45)27-17-40(37-30(27)20(2)43)24-13-9-22(35)10-14-24)32(39-42(19)26-7-5-4-6-8-26)34(46)28-18-41(38-31(28)21(3)44)25-15-11-23(36)12-16-25/h4-18H,1-3H3. The maximum absolute atomic E-state index is 14.4. The van der Waals surface area contributed by atoms with Crippen LogP contribution in [0.5, 0.6) is 0 Å². The van der Waals surface area contributed by atoms with Gasteiger partial charge in [-0.15, -0.1) is 0 Å². The lowest BCUT2D eigenvalue weighted by Crippen LogP contribution is -2.14. The van der Waals surface area contributed by atoms with Crippen LogP contribution in [0.3, 0.4) is 0 Å². The van der Waals surface area contributed by atoms with Gasteiger partial charge in [0.25, 0.3) is 0 Å². The van der Waals surface area contributed by atoms with E-state index >= 15 is 0 Å². The Kier molecular flexibility index (Phi) is 8.08. The smallest absolute Gasteiger partial charge is 0.217 e. The normalized spacial score (nSPS) is 11.1. The van der Waals surface area contributed by atoms with E-state index in [1.807, 2.05) is 6.07 Å². The highest BCUT2D eigenvalue weighted by Crippen LogP contribution is 2.28. The van der Waals surface area contributed by atoms with E-state index in [2.05, 4.69) is 15.3 Å². The van der Waals surface area contributed by atoms with Crippen LogP contribution in [0.1, 0.15) is 72.5 Å². The molecule has 0 atom stereocenters. The molecular formula is C34H24Cl2N6O4. The quantitative estimate of drug-likeness (QED) is 0.159. The Morgan fingerprint density at radius 2 is 1.02 bits per heavy atom. The topological polar surface area (TPSA) is 122 Å². The SMILES string of the molecule is CC(=O)c1nn(-c2ccc(Cl)cc2)cc1C(=O)c1nn(-c2ccccc2)c(C)c1C(=O)c1cn(-c2ccc(Cl)cc2)nc1C(C)=O. The van der Waals surface area contributed by atoms with Gasteiger partial charge in [0.1, 0.15) is 17.1 Å². The molecule has 0 N–H and O–H groups in total. The van der Waals surface area contributed by atoms with Crippen molar-refractivity contribution in [3.8, 4) is 17.1 Å². The molecule has 0 radical (unpaired) electrons. The van der Waals surface area contributed by atoms with Crippen LogP contribution in [0.4, 0.5) is 0 Å². The highest BCUT2D eigenvalue weighted by atomic mass is 35.5. The van der Waals surface area contributed by atoms with Gasteiger partial charge in [0, 0.05) is 36.3 Å². The monoisotopic (exact) mass is 650 g/mol. The van der Waals surface area contributed by atoms with Crippen LogP contribution in [0.25, 0.3) is 17.1 Å². The Labute approximate surface area is 272 Å². The van der Waals surface area contributed by atoms with Crippen molar-refractivity contribution in [3.05, 3.63) is 141 Å². The predicted octanol–water partition coefficient (Wildman–Crippen LogP) is 6.73. The molecule has 0 saturated heterocycles. The first-order chi connectivity index (χ1) is 22.0. The summed E-state index contributed by atoms with van der Waals surface area (Å²) < 4.78 is 4.28. The second kappa shape index (κ2) is 12.2. The van der Waals surface area contributed by atoms with Gasteiger partial charge in [0.05, 0.1) is 39.4 Å². The first-order valence-corrected chi connectivity index (χ1v) is 14.8. The van der Waals surface area contributed by atoms with Gasteiger partial charge in [0.15, 0.2) is 11.6 Å². The zero-order valence-electron chi connectivity index (χ0n) is 24.7. The van der Waals surface area contributed by atoms with Gasteiger partial charge in [-0.1, -0.05) is 41.4 Å². The average Bonchev–Trinajstić information content (AvgIpc) is 3.78. The summed E-state index contributed by atoms with van der Waals surface area (Å²) in [5, 5.41) is 14.4. The molecule has 0 amide bonds. The molecule has 0 unspecified atom stereocenters. The van der Waals surface area contributed by atoms with Crippen molar-refractivity contribution in [2.75, 3.05) is 0 Å². The third kappa shape index (κ3) is 5.60. The third-order valence-electron chi connectivity index (χ3n) is 7.33. The number of hydrogen-bond acceptors (Lipinski definition) is 7. The van der Waals surface area contributed by atoms with E-state index in [0.717, 1.165) is 0 Å². The maximum atomic E-state index is 14.4. The molecular weight excluding hydrogens is 627 g/mol. The summed E-state index contributed by atoms with van der Waals surface area (Å²) in [6.45, 7) is 4.27. The molecule has 0 bridgehead atoms.